The van der Waals surface area contributed by atoms with Crippen molar-refractivity contribution in [1.29, 1.82) is 0 Å². The maximum Gasteiger partial charge on any atom is 0.300 e. The van der Waals surface area contributed by atoms with Gasteiger partial charge in [0.1, 0.15) is 18.1 Å². The van der Waals surface area contributed by atoms with Crippen molar-refractivity contribution in [2.75, 3.05) is 105 Å². The maximum atomic E-state index is 13.7. The lowest BCUT2D eigenvalue weighted by molar-refractivity contribution is -0.383. The van der Waals surface area contributed by atoms with Gasteiger partial charge in [0.25, 0.3) is 17.7 Å². The number of anilines is 1. The molecule has 0 radical (unpaired) electrons. The molecule has 4 aromatic carbocycles. The number of carbonyl (C=O) groups excluding carboxylic acids is 7. The van der Waals surface area contributed by atoms with Gasteiger partial charge in [0.2, 0.25) is 29.1 Å². The average Bonchev–Trinajstić information content (AvgIpc) is 3.37. The van der Waals surface area contributed by atoms with Gasteiger partial charge < -0.3 is 44.7 Å². The SMILES string of the molecule is CN(O)C(=O)[C@H](Cc1ccccc1)NC(=O)CCOCC(COCCC(=O)N[C@@H](Cc1ccccc1)C(=O)N(C)O)(COCCC(=O)N[C@@H](Cc1ccccc1)C(=O)N(C)O)COCCC(=O)N1CCN(c2ccc([N+](=O)[O-])c3nonc23)CC1. The van der Waals surface area contributed by atoms with Crippen molar-refractivity contribution in [3.8, 4) is 0 Å². The molecule has 1 fully saturated rings. The number of likely N-dealkylation sites (N-methyl/N-ethyl adjacent to an activating group) is 3. The first kappa shape index (κ1) is 65.6. The molecule has 28 heteroatoms. The van der Waals surface area contributed by atoms with E-state index < -0.39 is 63.9 Å². The number of nitrogens with one attached hydrogen (secondary N) is 3. The van der Waals surface area contributed by atoms with Gasteiger partial charge in [-0.15, -0.1) is 0 Å². The Morgan fingerprint density at radius 2 is 0.906 bits per heavy atom. The highest BCUT2D eigenvalue weighted by molar-refractivity contribution is 5.94. The minimum absolute atomic E-state index is 0.00495. The van der Waals surface area contributed by atoms with Crippen LogP contribution in [0.2, 0.25) is 0 Å². The third kappa shape index (κ3) is 20.7. The summed E-state index contributed by atoms with van der Waals surface area (Å²) >= 11 is 0. The average molecular weight is 1180 g/mol. The molecule has 0 saturated carbocycles. The molecule has 458 valence electrons. The molecule has 1 aromatic heterocycles. The first-order valence-corrected chi connectivity index (χ1v) is 27.5. The molecule has 6 rings (SSSR count). The number of aromatic nitrogens is 2. The minimum atomic E-state index is -1.29. The van der Waals surface area contributed by atoms with Gasteiger partial charge in [-0.05, 0) is 33.1 Å². The zero-order valence-corrected chi connectivity index (χ0v) is 47.6. The molecule has 0 aliphatic carbocycles. The van der Waals surface area contributed by atoms with E-state index >= 15 is 0 Å². The summed E-state index contributed by atoms with van der Waals surface area (Å²) in [7, 11) is 3.45. The largest absolute Gasteiger partial charge is 0.380 e. The summed E-state index contributed by atoms with van der Waals surface area (Å²) in [5.74, 6) is -4.23. The smallest absolute Gasteiger partial charge is 0.300 e. The Morgan fingerprint density at radius 1 is 0.553 bits per heavy atom. The highest BCUT2D eigenvalue weighted by atomic mass is 16.6. The van der Waals surface area contributed by atoms with E-state index in [2.05, 4.69) is 26.3 Å². The fraction of sp³-hybridized carbons (Fsp3) is 0.456. The molecular weight excluding hydrogens is 1110 g/mol. The Hall–Kier alpha value is -8.51. The summed E-state index contributed by atoms with van der Waals surface area (Å²) in [5.41, 5.74) is 1.43. The maximum absolute atomic E-state index is 13.7. The van der Waals surface area contributed by atoms with Gasteiger partial charge in [-0.25, -0.2) is 19.8 Å². The van der Waals surface area contributed by atoms with Crippen LogP contribution in [0.4, 0.5) is 11.4 Å². The zero-order chi connectivity index (χ0) is 61.3. The quantitative estimate of drug-likeness (QED) is 0.0149. The molecule has 28 nitrogen and oxygen atoms in total. The summed E-state index contributed by atoms with van der Waals surface area (Å²) in [5, 5.41) is 58.4. The number of non-ortho nitro benzene ring substituents is 1. The standard InChI is InChI=1S/C57H73N11O17/c1-63(76)54(73)43(33-40-13-7-4-8-14-40)58-48(69)21-29-81-36-57(37-82-30-22-49(70)59-44(55(74)64(2)77)34-41-15-9-5-10-16-41,38-83-31-23-50(71)60-45(56(75)65(3)78)35-42-17-11-6-12-18-42)39-84-32-24-51(72)67-27-25-66(26-28-67)46-19-20-47(68(79)80)53-52(46)61-85-62-53/h4-20,43-45,76-78H,21-39H2,1-3H3,(H,58,69)(H,59,70)(H,60,71)/t43-,44-,45-/m0/s1. The fourth-order valence-corrected chi connectivity index (χ4v) is 9.28. The van der Waals surface area contributed by atoms with Gasteiger partial charge in [0.05, 0.1) is 75.3 Å². The van der Waals surface area contributed by atoms with Gasteiger partial charge in [-0.1, -0.05) is 91.0 Å². The van der Waals surface area contributed by atoms with Crippen molar-refractivity contribution in [1.82, 2.24) is 46.4 Å². The summed E-state index contributed by atoms with van der Waals surface area (Å²) in [6.45, 7) is -0.327. The number of hydroxylamine groups is 6. The molecule has 7 amide bonds. The molecular formula is C57H73N11O17. The van der Waals surface area contributed by atoms with Crippen LogP contribution in [0.15, 0.2) is 108 Å². The third-order valence-corrected chi connectivity index (χ3v) is 13.8. The Kier molecular flexibility index (Phi) is 25.6. The second kappa shape index (κ2) is 33.1. The summed E-state index contributed by atoms with van der Waals surface area (Å²) < 4.78 is 29.5. The molecule has 0 unspecified atom stereocenters. The third-order valence-electron chi connectivity index (χ3n) is 13.8. The normalized spacial score (nSPS) is 13.5. The molecule has 0 bridgehead atoms. The van der Waals surface area contributed by atoms with Gasteiger partial charge in [-0.2, -0.15) is 0 Å². The number of benzene rings is 4. The second-order valence-electron chi connectivity index (χ2n) is 20.4. The van der Waals surface area contributed by atoms with E-state index in [9.17, 15) is 59.3 Å². The van der Waals surface area contributed by atoms with Crippen molar-refractivity contribution < 1.29 is 77.7 Å². The van der Waals surface area contributed by atoms with Crippen LogP contribution in [0, 0.1) is 15.5 Å². The highest BCUT2D eigenvalue weighted by Crippen LogP contribution is 2.32. The van der Waals surface area contributed by atoms with E-state index in [0.29, 0.717) is 47.1 Å². The summed E-state index contributed by atoms with van der Waals surface area (Å²) in [6, 6.07) is 26.2. The van der Waals surface area contributed by atoms with E-state index in [1.807, 2.05) is 4.90 Å². The summed E-state index contributed by atoms with van der Waals surface area (Å²) in [4.78, 5) is 107. The number of carbonyl (C=O) groups is 7. The number of piperazine rings is 1. The second-order valence-corrected chi connectivity index (χ2v) is 20.4. The van der Waals surface area contributed by atoms with Crippen LogP contribution in [-0.2, 0) is 71.8 Å². The lowest BCUT2D eigenvalue weighted by Gasteiger charge is -2.36. The molecule has 1 aliphatic rings. The van der Waals surface area contributed by atoms with Crippen LogP contribution in [-0.4, -0.2) is 211 Å². The predicted octanol–water partition coefficient (Wildman–Crippen LogP) is 2.12. The molecule has 5 aromatic rings. The number of hydrogen-bond donors (Lipinski definition) is 6. The van der Waals surface area contributed by atoms with Crippen molar-refractivity contribution in [3.05, 3.63) is 130 Å². The number of nitro benzene ring substituents is 1. The Balaban J connectivity index is 1.15. The van der Waals surface area contributed by atoms with E-state index in [1.165, 1.54) is 6.07 Å². The van der Waals surface area contributed by atoms with Gasteiger partial charge in [0.15, 0.2) is 5.52 Å². The molecule has 1 saturated heterocycles. The Labute approximate surface area is 489 Å². The van der Waals surface area contributed by atoms with Crippen LogP contribution >= 0.6 is 0 Å². The van der Waals surface area contributed by atoms with Crippen molar-refractivity contribution >= 4 is 63.8 Å². The van der Waals surface area contributed by atoms with Crippen LogP contribution in [0.5, 0.6) is 0 Å². The first-order valence-electron chi connectivity index (χ1n) is 27.5. The molecule has 1 aliphatic heterocycles. The number of hydrogen-bond acceptors (Lipinski definition) is 20. The Morgan fingerprint density at radius 3 is 1.26 bits per heavy atom. The van der Waals surface area contributed by atoms with Gasteiger partial charge >= 0.3 is 5.69 Å². The monoisotopic (exact) mass is 1180 g/mol. The van der Waals surface area contributed by atoms with Crippen molar-refractivity contribution in [2.24, 2.45) is 5.41 Å². The number of ether oxygens (including phenoxy) is 4. The number of nitro groups is 1. The number of amides is 7. The van der Waals surface area contributed by atoms with Crippen LogP contribution in [0.25, 0.3) is 11.0 Å². The van der Waals surface area contributed by atoms with Gasteiger partial charge in [0, 0.05) is 91.9 Å². The van der Waals surface area contributed by atoms with E-state index in [-0.39, 0.29) is 120 Å². The molecule has 2 heterocycles. The molecule has 0 spiro atoms. The zero-order valence-electron chi connectivity index (χ0n) is 47.6. The molecule has 6 N–H and O–H groups in total. The number of rotatable bonds is 34. The lowest BCUT2D eigenvalue weighted by Crippen LogP contribution is -2.49. The predicted molar refractivity (Wildman–Crippen MR) is 301 cm³/mol. The van der Waals surface area contributed by atoms with E-state index in [1.54, 1.807) is 102 Å². The van der Waals surface area contributed by atoms with Crippen molar-refractivity contribution in [3.63, 3.8) is 0 Å². The van der Waals surface area contributed by atoms with Crippen LogP contribution in [0.3, 0.4) is 0 Å². The van der Waals surface area contributed by atoms with Crippen LogP contribution in [0.1, 0.15) is 42.4 Å². The molecule has 85 heavy (non-hydrogen) atoms. The molecule has 3 atom stereocenters. The lowest BCUT2D eigenvalue weighted by atomic mass is 9.92. The Bertz CT molecular complexity index is 2770. The number of fused-ring (bicyclic) bond motifs is 1. The van der Waals surface area contributed by atoms with E-state index in [0.717, 1.165) is 37.8 Å². The first-order chi connectivity index (χ1) is 40.8. The van der Waals surface area contributed by atoms with Crippen LogP contribution < -0.4 is 20.9 Å². The van der Waals surface area contributed by atoms with Gasteiger partial charge in [-0.3, -0.25) is 59.3 Å². The topological polar surface area (TPSA) is 351 Å². The summed E-state index contributed by atoms with van der Waals surface area (Å²) in [6.07, 6.45) is -0.584. The van der Waals surface area contributed by atoms with E-state index in [4.69, 9.17) is 23.6 Å². The highest BCUT2D eigenvalue weighted by Gasteiger charge is 2.35. The van der Waals surface area contributed by atoms with Crippen molar-refractivity contribution in [2.45, 2.75) is 63.1 Å². The fourth-order valence-electron chi connectivity index (χ4n) is 9.28. The number of nitrogens with zero attached hydrogens (tertiary/aromatic N) is 8. The minimum Gasteiger partial charge on any atom is -0.380 e.